The van der Waals surface area contributed by atoms with Gasteiger partial charge in [0.25, 0.3) is 0 Å². The van der Waals surface area contributed by atoms with Gasteiger partial charge in [-0.1, -0.05) is 13.3 Å². The fraction of sp³-hybridized carbons (Fsp3) is 0.533. The largest absolute Gasteiger partial charge is 0.478 e. The first-order chi connectivity index (χ1) is 10.2. The van der Waals surface area contributed by atoms with Gasteiger partial charge in [0.2, 0.25) is 10.0 Å². The number of anilines is 1. The lowest BCUT2D eigenvalue weighted by atomic mass is 10.1. The molecule has 1 aromatic rings. The van der Waals surface area contributed by atoms with E-state index in [1.807, 2.05) is 20.8 Å². The number of hydrogen-bond acceptors (Lipinski definition) is 4. The third-order valence-corrected chi connectivity index (χ3v) is 4.64. The van der Waals surface area contributed by atoms with Crippen LogP contribution in [-0.4, -0.2) is 31.6 Å². The van der Waals surface area contributed by atoms with Gasteiger partial charge < -0.3 is 10.4 Å². The Labute approximate surface area is 132 Å². The lowest BCUT2D eigenvalue weighted by Crippen LogP contribution is -2.32. The number of sulfonamides is 1. The second-order valence-corrected chi connectivity index (χ2v) is 7.34. The maximum atomic E-state index is 12.3. The molecule has 0 heterocycles. The first-order valence-corrected chi connectivity index (χ1v) is 8.82. The van der Waals surface area contributed by atoms with Gasteiger partial charge in [-0.25, -0.2) is 17.9 Å². The zero-order chi connectivity index (χ0) is 16.9. The molecule has 0 amide bonds. The molecule has 1 atom stereocenters. The Kier molecular flexibility index (Phi) is 6.37. The number of carboxylic acid groups (broad SMARTS) is 1. The van der Waals surface area contributed by atoms with E-state index in [0.29, 0.717) is 5.69 Å². The maximum absolute atomic E-state index is 12.3. The van der Waals surface area contributed by atoms with Gasteiger partial charge in [-0.3, -0.25) is 0 Å². The standard InChI is InChI=1S/C15H24N2O4S/c1-5-6-11(4)17-22(20,21)12-7-8-14(16-10(2)3)13(9-12)15(18)19/h7-11,16-17H,5-6H2,1-4H3,(H,18,19)/t11-/m0/s1. The van der Waals surface area contributed by atoms with E-state index in [0.717, 1.165) is 12.8 Å². The summed E-state index contributed by atoms with van der Waals surface area (Å²) in [5.41, 5.74) is 0.350. The topological polar surface area (TPSA) is 95.5 Å². The molecule has 6 nitrogen and oxygen atoms in total. The van der Waals surface area contributed by atoms with Gasteiger partial charge in [0, 0.05) is 17.8 Å². The Hall–Kier alpha value is -1.60. The van der Waals surface area contributed by atoms with Gasteiger partial charge in [0.15, 0.2) is 0 Å². The molecule has 0 saturated carbocycles. The third kappa shape index (κ3) is 4.99. The number of carboxylic acids is 1. The number of carbonyl (C=O) groups is 1. The average Bonchev–Trinajstić information content (AvgIpc) is 2.37. The summed E-state index contributed by atoms with van der Waals surface area (Å²) in [7, 11) is -3.72. The van der Waals surface area contributed by atoms with Crippen LogP contribution in [0.25, 0.3) is 0 Å². The van der Waals surface area contributed by atoms with Crippen LogP contribution in [0.3, 0.4) is 0 Å². The van der Waals surface area contributed by atoms with Crippen molar-refractivity contribution in [3.8, 4) is 0 Å². The molecule has 1 aromatic carbocycles. The van der Waals surface area contributed by atoms with Crippen LogP contribution in [0.15, 0.2) is 23.1 Å². The van der Waals surface area contributed by atoms with Crippen LogP contribution in [0.1, 0.15) is 50.9 Å². The zero-order valence-corrected chi connectivity index (χ0v) is 14.2. The van der Waals surface area contributed by atoms with Crippen LogP contribution >= 0.6 is 0 Å². The predicted molar refractivity (Wildman–Crippen MR) is 86.9 cm³/mol. The molecule has 0 aliphatic carbocycles. The van der Waals surface area contributed by atoms with Crippen molar-refractivity contribution >= 4 is 21.7 Å². The fourth-order valence-electron chi connectivity index (χ4n) is 2.13. The van der Waals surface area contributed by atoms with Gasteiger partial charge in [-0.2, -0.15) is 0 Å². The Bertz CT molecular complexity index is 626. The number of aromatic carboxylic acids is 1. The molecule has 0 bridgehead atoms. The van der Waals surface area contributed by atoms with Crippen LogP contribution in [0, 0.1) is 0 Å². The van der Waals surface area contributed by atoms with Crippen LogP contribution in [-0.2, 0) is 10.0 Å². The highest BCUT2D eigenvalue weighted by Gasteiger charge is 2.20. The Balaban J connectivity index is 3.15. The molecule has 22 heavy (non-hydrogen) atoms. The lowest BCUT2D eigenvalue weighted by Gasteiger charge is -2.16. The number of benzene rings is 1. The number of rotatable bonds is 8. The summed E-state index contributed by atoms with van der Waals surface area (Å²) in [6.07, 6.45) is 1.58. The second-order valence-electron chi connectivity index (χ2n) is 5.62. The van der Waals surface area contributed by atoms with Crippen molar-refractivity contribution in [2.45, 2.75) is 57.5 Å². The second kappa shape index (κ2) is 7.60. The molecule has 0 aliphatic rings. The molecule has 0 aliphatic heterocycles. The first kappa shape index (κ1) is 18.4. The van der Waals surface area contributed by atoms with Crippen molar-refractivity contribution < 1.29 is 18.3 Å². The van der Waals surface area contributed by atoms with E-state index < -0.39 is 16.0 Å². The maximum Gasteiger partial charge on any atom is 0.337 e. The molecule has 0 spiro atoms. The van der Waals surface area contributed by atoms with Crippen molar-refractivity contribution in [3.05, 3.63) is 23.8 Å². The third-order valence-electron chi connectivity index (χ3n) is 3.05. The van der Waals surface area contributed by atoms with Crippen LogP contribution < -0.4 is 10.0 Å². The van der Waals surface area contributed by atoms with Crippen molar-refractivity contribution in [3.63, 3.8) is 0 Å². The van der Waals surface area contributed by atoms with Gasteiger partial charge in [-0.15, -0.1) is 0 Å². The molecular formula is C15H24N2O4S. The van der Waals surface area contributed by atoms with E-state index in [1.54, 1.807) is 6.92 Å². The summed E-state index contributed by atoms with van der Waals surface area (Å²) in [6, 6.07) is 3.94. The molecule has 0 unspecified atom stereocenters. The highest BCUT2D eigenvalue weighted by molar-refractivity contribution is 7.89. The minimum atomic E-state index is -3.72. The van der Waals surface area contributed by atoms with E-state index in [4.69, 9.17) is 0 Å². The molecule has 124 valence electrons. The summed E-state index contributed by atoms with van der Waals surface area (Å²) in [6.45, 7) is 7.52. The van der Waals surface area contributed by atoms with Gasteiger partial charge in [0.1, 0.15) is 0 Å². The molecular weight excluding hydrogens is 304 g/mol. The van der Waals surface area contributed by atoms with E-state index in [9.17, 15) is 18.3 Å². The predicted octanol–water partition coefficient (Wildman–Crippen LogP) is 2.67. The van der Waals surface area contributed by atoms with Gasteiger partial charge >= 0.3 is 5.97 Å². The summed E-state index contributed by atoms with van der Waals surface area (Å²) in [5, 5.41) is 12.3. The Morgan fingerprint density at radius 1 is 1.27 bits per heavy atom. The summed E-state index contributed by atoms with van der Waals surface area (Å²) < 4.78 is 27.2. The van der Waals surface area contributed by atoms with Gasteiger partial charge in [0.05, 0.1) is 10.5 Å². The van der Waals surface area contributed by atoms with Crippen molar-refractivity contribution in [1.82, 2.24) is 4.72 Å². The van der Waals surface area contributed by atoms with E-state index >= 15 is 0 Å². The number of nitrogens with one attached hydrogen (secondary N) is 2. The quantitative estimate of drug-likeness (QED) is 0.682. The molecule has 0 radical (unpaired) electrons. The molecule has 0 fully saturated rings. The average molecular weight is 328 g/mol. The van der Waals surface area contributed by atoms with Crippen LogP contribution in [0.2, 0.25) is 0 Å². The zero-order valence-electron chi connectivity index (χ0n) is 13.4. The summed E-state index contributed by atoms with van der Waals surface area (Å²) >= 11 is 0. The highest BCUT2D eigenvalue weighted by atomic mass is 32.2. The first-order valence-electron chi connectivity index (χ1n) is 7.33. The minimum absolute atomic E-state index is 0.0397. The minimum Gasteiger partial charge on any atom is -0.478 e. The highest BCUT2D eigenvalue weighted by Crippen LogP contribution is 2.22. The van der Waals surface area contributed by atoms with Crippen molar-refractivity contribution in [1.29, 1.82) is 0 Å². The molecule has 1 rings (SSSR count). The van der Waals surface area contributed by atoms with E-state index in [-0.39, 0.29) is 22.5 Å². The smallest absolute Gasteiger partial charge is 0.337 e. The monoisotopic (exact) mass is 328 g/mol. The van der Waals surface area contributed by atoms with Gasteiger partial charge in [-0.05, 0) is 45.4 Å². The lowest BCUT2D eigenvalue weighted by molar-refractivity contribution is 0.0697. The van der Waals surface area contributed by atoms with Crippen LogP contribution in [0.5, 0.6) is 0 Å². The Morgan fingerprint density at radius 2 is 1.91 bits per heavy atom. The van der Waals surface area contributed by atoms with Crippen molar-refractivity contribution in [2.24, 2.45) is 0 Å². The van der Waals surface area contributed by atoms with E-state index in [2.05, 4.69) is 10.0 Å². The van der Waals surface area contributed by atoms with Crippen molar-refractivity contribution in [2.75, 3.05) is 5.32 Å². The summed E-state index contributed by atoms with van der Waals surface area (Å²) in [4.78, 5) is 11.3. The Morgan fingerprint density at radius 3 is 2.41 bits per heavy atom. The number of hydrogen-bond donors (Lipinski definition) is 3. The molecule has 0 saturated heterocycles. The molecule has 7 heteroatoms. The van der Waals surface area contributed by atoms with E-state index in [1.165, 1.54) is 18.2 Å². The van der Waals surface area contributed by atoms with Crippen LogP contribution in [0.4, 0.5) is 5.69 Å². The normalized spacial score (nSPS) is 13.1. The molecule has 0 aromatic heterocycles. The summed E-state index contributed by atoms with van der Waals surface area (Å²) in [5.74, 6) is -1.16. The SMILES string of the molecule is CCC[C@H](C)NS(=O)(=O)c1ccc(NC(C)C)c(C(=O)O)c1. The molecule has 3 N–H and O–H groups in total. The fourth-order valence-corrected chi connectivity index (χ4v) is 3.43.